The first-order valence-corrected chi connectivity index (χ1v) is 8.81. The predicted molar refractivity (Wildman–Crippen MR) is 102 cm³/mol. The number of benzene rings is 2. The lowest BCUT2D eigenvalue weighted by molar-refractivity contribution is 0.0697. The van der Waals surface area contributed by atoms with Crippen LogP contribution in [0, 0.1) is 28.3 Å². The van der Waals surface area contributed by atoms with Crippen LogP contribution in [0.1, 0.15) is 5.56 Å². The summed E-state index contributed by atoms with van der Waals surface area (Å²) in [4.78, 5) is 4.05. The summed E-state index contributed by atoms with van der Waals surface area (Å²) in [6.07, 6.45) is 1.51. The van der Waals surface area contributed by atoms with Crippen LogP contribution < -0.4 is 5.49 Å². The minimum Gasteiger partial charge on any atom is -0.283 e. The van der Waals surface area contributed by atoms with Gasteiger partial charge in [-0.3, -0.25) is 15.8 Å². The number of pyridine rings is 1. The molecule has 2 heterocycles. The van der Waals surface area contributed by atoms with Crippen molar-refractivity contribution in [3.63, 3.8) is 0 Å². The molecule has 2 N–H and O–H groups in total. The molecule has 0 saturated carbocycles. The van der Waals surface area contributed by atoms with Crippen molar-refractivity contribution in [3.05, 3.63) is 89.3 Å². The van der Waals surface area contributed by atoms with E-state index in [1.165, 1.54) is 18.3 Å². The van der Waals surface area contributed by atoms with Gasteiger partial charge < -0.3 is 0 Å². The first-order valence-electron chi connectivity index (χ1n) is 8.81. The molecule has 0 atom stereocenters. The molecule has 2 aromatic carbocycles. The van der Waals surface area contributed by atoms with Crippen molar-refractivity contribution >= 4 is 16.7 Å². The maximum Gasteiger partial charge on any atom is 0.331 e. The zero-order valence-corrected chi connectivity index (χ0v) is 15.5. The van der Waals surface area contributed by atoms with E-state index in [0.717, 1.165) is 18.2 Å². The Morgan fingerprint density at radius 2 is 1.65 bits per heavy atom. The lowest BCUT2D eigenvalue weighted by Crippen LogP contribution is -2.39. The number of hydrogen-bond acceptors (Lipinski definition) is 4. The number of aromatic nitrogens is 3. The minimum atomic E-state index is -3.85. The van der Waals surface area contributed by atoms with Gasteiger partial charge in [-0.25, -0.2) is 13.2 Å². The van der Waals surface area contributed by atoms with E-state index in [9.17, 15) is 13.2 Å². The molecule has 0 fully saturated rings. The maximum absolute atomic E-state index is 15.1. The second kappa shape index (κ2) is 7.38. The Balaban J connectivity index is 1.78. The van der Waals surface area contributed by atoms with Gasteiger partial charge in [-0.2, -0.15) is 18.6 Å². The summed E-state index contributed by atoms with van der Waals surface area (Å²) in [5.41, 5.74) is -1.05. The summed E-state index contributed by atoms with van der Waals surface area (Å²) in [6.45, 7) is 0. The summed E-state index contributed by atoms with van der Waals surface area (Å²) in [7, 11) is 0. The third-order valence-corrected chi connectivity index (χ3v) is 4.59. The molecule has 156 valence electrons. The highest BCUT2D eigenvalue weighted by atomic mass is 19.3. The Morgan fingerprint density at radius 3 is 2.35 bits per heavy atom. The SMILES string of the molecule is N=C(n1nc(-c2cc(F)c(F)c(F)c2)ccc1=N)C(F)(F)c1ccc2ncccc2c1. The first-order chi connectivity index (χ1) is 14.7. The number of rotatable bonds is 3. The van der Waals surface area contributed by atoms with Crippen molar-refractivity contribution < 1.29 is 22.0 Å². The van der Waals surface area contributed by atoms with E-state index in [0.29, 0.717) is 27.7 Å². The van der Waals surface area contributed by atoms with Crippen molar-refractivity contribution in [2.75, 3.05) is 0 Å². The van der Waals surface area contributed by atoms with Gasteiger partial charge in [0.05, 0.1) is 11.2 Å². The molecule has 10 heteroatoms. The molecule has 31 heavy (non-hydrogen) atoms. The van der Waals surface area contributed by atoms with E-state index in [1.807, 2.05) is 0 Å². The highest BCUT2D eigenvalue weighted by Crippen LogP contribution is 2.31. The van der Waals surface area contributed by atoms with Crippen LogP contribution in [-0.4, -0.2) is 20.6 Å². The molecule has 5 nitrogen and oxygen atoms in total. The molecular formula is C21H12F5N5. The number of fused-ring (bicyclic) bond motifs is 1. The van der Waals surface area contributed by atoms with E-state index in [4.69, 9.17) is 10.8 Å². The van der Waals surface area contributed by atoms with Gasteiger partial charge in [0, 0.05) is 22.7 Å². The van der Waals surface area contributed by atoms with Gasteiger partial charge in [-0.1, -0.05) is 12.1 Å². The van der Waals surface area contributed by atoms with Gasteiger partial charge in [0.25, 0.3) is 0 Å². The van der Waals surface area contributed by atoms with Crippen molar-refractivity contribution in [2.45, 2.75) is 5.92 Å². The maximum atomic E-state index is 15.1. The molecule has 0 bridgehead atoms. The Kier molecular flexibility index (Phi) is 4.84. The quantitative estimate of drug-likeness (QED) is 0.216. The van der Waals surface area contributed by atoms with Gasteiger partial charge in [-0.05, 0) is 42.5 Å². The van der Waals surface area contributed by atoms with Crippen LogP contribution in [0.3, 0.4) is 0 Å². The molecule has 0 amide bonds. The Bertz CT molecular complexity index is 1370. The molecule has 4 aromatic rings. The van der Waals surface area contributed by atoms with Crippen molar-refractivity contribution in [1.29, 1.82) is 10.8 Å². The molecule has 0 spiro atoms. The first kappa shape index (κ1) is 20.3. The molecular weight excluding hydrogens is 417 g/mol. The molecule has 2 aromatic heterocycles. The van der Waals surface area contributed by atoms with E-state index in [-0.39, 0.29) is 11.3 Å². The number of nitrogens with one attached hydrogen (secondary N) is 2. The molecule has 0 unspecified atom stereocenters. The van der Waals surface area contributed by atoms with Gasteiger partial charge >= 0.3 is 5.92 Å². The molecule has 0 aliphatic carbocycles. The molecule has 0 aliphatic heterocycles. The lowest BCUT2D eigenvalue weighted by atomic mass is 10.0. The molecule has 0 saturated heterocycles. The normalized spacial score (nSPS) is 11.6. The third-order valence-electron chi connectivity index (χ3n) is 4.59. The van der Waals surface area contributed by atoms with E-state index in [1.54, 1.807) is 12.1 Å². The van der Waals surface area contributed by atoms with Crippen LogP contribution in [0.4, 0.5) is 22.0 Å². The van der Waals surface area contributed by atoms with Gasteiger partial charge in [0.15, 0.2) is 23.3 Å². The largest absolute Gasteiger partial charge is 0.331 e. The fourth-order valence-corrected chi connectivity index (χ4v) is 2.99. The second-order valence-corrected chi connectivity index (χ2v) is 6.60. The summed E-state index contributed by atoms with van der Waals surface area (Å²) in [5.74, 6) is -9.84. The molecule has 0 aliphatic rings. The zero-order valence-electron chi connectivity index (χ0n) is 15.5. The number of hydrogen-bond donors (Lipinski definition) is 2. The fourth-order valence-electron chi connectivity index (χ4n) is 2.99. The lowest BCUT2D eigenvalue weighted by Gasteiger charge is -2.19. The minimum absolute atomic E-state index is 0.225. The monoisotopic (exact) mass is 429 g/mol. The van der Waals surface area contributed by atoms with E-state index in [2.05, 4.69) is 10.1 Å². The summed E-state index contributed by atoms with van der Waals surface area (Å²) >= 11 is 0. The Labute approximate surface area is 171 Å². The van der Waals surface area contributed by atoms with Crippen LogP contribution in [0.2, 0.25) is 0 Å². The highest BCUT2D eigenvalue weighted by molar-refractivity contribution is 5.90. The topological polar surface area (TPSA) is 78.4 Å². The smallest absolute Gasteiger partial charge is 0.283 e. The van der Waals surface area contributed by atoms with Gasteiger partial charge in [0.1, 0.15) is 5.49 Å². The number of nitrogens with zero attached hydrogens (tertiary/aromatic N) is 3. The highest BCUT2D eigenvalue weighted by Gasteiger charge is 2.39. The van der Waals surface area contributed by atoms with Crippen LogP contribution in [-0.2, 0) is 5.92 Å². The van der Waals surface area contributed by atoms with Crippen molar-refractivity contribution in [1.82, 2.24) is 14.8 Å². The van der Waals surface area contributed by atoms with Crippen LogP contribution in [0.25, 0.3) is 22.2 Å². The average molecular weight is 429 g/mol. The van der Waals surface area contributed by atoms with Gasteiger partial charge in [-0.15, -0.1) is 0 Å². The van der Waals surface area contributed by atoms with E-state index >= 15 is 8.78 Å². The summed E-state index contributed by atoms with van der Waals surface area (Å²) in [6, 6.07) is 10.3. The zero-order chi connectivity index (χ0) is 22.3. The fraction of sp³-hybridized carbons (Fsp3) is 0.0476. The van der Waals surface area contributed by atoms with Crippen molar-refractivity contribution in [3.8, 4) is 11.3 Å². The third kappa shape index (κ3) is 3.56. The molecule has 0 radical (unpaired) electrons. The van der Waals surface area contributed by atoms with Crippen molar-refractivity contribution in [2.24, 2.45) is 0 Å². The standard InChI is InChI=1S/C21H12F5N5/c22-14-9-12(10-15(23)19(14)24)17-5-6-18(27)31(30-17)20(28)21(25,26)13-3-4-16-11(8-13)2-1-7-29-16/h1-10,27-28H. The summed E-state index contributed by atoms with van der Waals surface area (Å²) < 4.78 is 70.9. The number of alkyl halides is 2. The predicted octanol–water partition coefficient (Wildman–Crippen LogP) is 4.61. The van der Waals surface area contributed by atoms with Crippen LogP contribution >= 0.6 is 0 Å². The Hall–Kier alpha value is -3.95. The Morgan fingerprint density at radius 1 is 0.935 bits per heavy atom. The average Bonchev–Trinajstić information content (AvgIpc) is 2.76. The van der Waals surface area contributed by atoms with Crippen LogP contribution in [0.5, 0.6) is 0 Å². The van der Waals surface area contributed by atoms with E-state index < -0.39 is 40.3 Å². The number of halogens is 5. The molecule has 4 rings (SSSR count). The van der Waals surface area contributed by atoms with Crippen LogP contribution in [0.15, 0.2) is 60.8 Å². The van der Waals surface area contributed by atoms with Gasteiger partial charge in [0.2, 0.25) is 0 Å². The second-order valence-electron chi connectivity index (χ2n) is 6.60. The summed E-state index contributed by atoms with van der Waals surface area (Å²) in [5, 5.41) is 20.1.